The fraction of sp³-hybridized carbons (Fsp3) is 0.956. The number of carbonyl (C=O) groups excluding carboxylic acids is 2. The predicted octanol–water partition coefficient (Wildman–Crippen LogP) is 5.26. The van der Waals surface area contributed by atoms with Crippen LogP contribution in [0.5, 0.6) is 0 Å². The van der Waals surface area contributed by atoms with Crippen molar-refractivity contribution < 1.29 is 73.8 Å². The molecular weight excluding hydrogens is 780 g/mol. The number of hydrogen-bond acceptors (Lipinski definition) is 15. The van der Waals surface area contributed by atoms with E-state index < -0.39 is 92.7 Å². The van der Waals surface area contributed by atoms with Crippen LogP contribution >= 0.6 is 0 Å². The zero-order valence-electron chi connectivity index (χ0n) is 37.0. The summed E-state index contributed by atoms with van der Waals surface area (Å²) in [5.74, 6) is -0.917. The van der Waals surface area contributed by atoms with Crippen LogP contribution in [0.15, 0.2) is 0 Å². The van der Waals surface area contributed by atoms with Crippen LogP contribution in [0.25, 0.3) is 0 Å². The van der Waals surface area contributed by atoms with Gasteiger partial charge < -0.3 is 64.2 Å². The zero-order chi connectivity index (χ0) is 44.0. The molecule has 60 heavy (non-hydrogen) atoms. The molecule has 0 aromatic heterocycles. The van der Waals surface area contributed by atoms with Gasteiger partial charge in [0, 0.05) is 12.8 Å². The van der Waals surface area contributed by atoms with Gasteiger partial charge in [0.25, 0.3) is 0 Å². The summed E-state index contributed by atoms with van der Waals surface area (Å²) in [6.07, 6.45) is 11.5. The van der Waals surface area contributed by atoms with E-state index >= 15 is 0 Å². The van der Waals surface area contributed by atoms with Crippen molar-refractivity contribution in [1.82, 2.24) is 0 Å². The molecule has 2 rings (SSSR count). The normalized spacial score (nSPS) is 27.5. The van der Waals surface area contributed by atoms with Crippen molar-refractivity contribution in [2.24, 2.45) is 0 Å². The van der Waals surface area contributed by atoms with Crippen LogP contribution in [-0.4, -0.2) is 142 Å². The third-order valence-electron chi connectivity index (χ3n) is 11.6. The minimum atomic E-state index is -1.76. The molecule has 0 aromatic carbocycles. The molecule has 2 aliphatic rings. The SMILES string of the molecule is CCCCCCCCCCCCCCCCC(=O)OC(COC(=O)CCCCCCCCCCCC)COC1OC(COC2OC(CO)C(O)C(O)C2O)C(O)C(O)C1O. The summed E-state index contributed by atoms with van der Waals surface area (Å²) >= 11 is 0. The molecule has 2 aliphatic heterocycles. The topological polar surface area (TPSA) is 231 Å². The molecule has 0 spiro atoms. The van der Waals surface area contributed by atoms with Crippen LogP contribution in [0.3, 0.4) is 0 Å². The highest BCUT2D eigenvalue weighted by Crippen LogP contribution is 2.26. The second-order valence-electron chi connectivity index (χ2n) is 17.0. The zero-order valence-corrected chi connectivity index (χ0v) is 37.0. The van der Waals surface area contributed by atoms with E-state index in [2.05, 4.69) is 13.8 Å². The first kappa shape index (κ1) is 54.6. The smallest absolute Gasteiger partial charge is 0.306 e. The highest BCUT2D eigenvalue weighted by atomic mass is 16.7. The van der Waals surface area contributed by atoms with Crippen LogP contribution in [0.2, 0.25) is 0 Å². The van der Waals surface area contributed by atoms with Gasteiger partial charge in [0.05, 0.1) is 19.8 Å². The van der Waals surface area contributed by atoms with Gasteiger partial charge in [0.1, 0.15) is 55.4 Å². The van der Waals surface area contributed by atoms with E-state index in [0.29, 0.717) is 12.8 Å². The molecule has 0 amide bonds. The van der Waals surface area contributed by atoms with Crippen LogP contribution in [0.4, 0.5) is 0 Å². The molecule has 15 nitrogen and oxygen atoms in total. The summed E-state index contributed by atoms with van der Waals surface area (Å²) in [6.45, 7) is 2.58. The van der Waals surface area contributed by atoms with Crippen LogP contribution < -0.4 is 0 Å². The standard InChI is InChI=1S/C45H84O15/c1-3-5-7-9-11-13-15-16-17-18-20-22-24-26-28-37(48)58-33(30-55-36(47)27-25-23-21-19-14-12-10-8-6-4-2)31-56-44-43(54)41(52)39(50)35(60-44)32-57-45-42(53)40(51)38(49)34(29-46)59-45/h33-35,38-46,49-54H,3-32H2,1-2H3. The molecule has 2 heterocycles. The maximum atomic E-state index is 12.9. The number of carbonyl (C=O) groups is 2. The van der Waals surface area contributed by atoms with Crippen LogP contribution in [0, 0.1) is 0 Å². The van der Waals surface area contributed by atoms with Gasteiger partial charge in [-0.25, -0.2) is 0 Å². The van der Waals surface area contributed by atoms with E-state index in [4.69, 9.17) is 28.4 Å². The number of rotatable bonds is 36. The lowest BCUT2D eigenvalue weighted by atomic mass is 9.98. The Morgan fingerprint density at radius 1 is 0.467 bits per heavy atom. The molecule has 354 valence electrons. The molecular formula is C45H84O15. The van der Waals surface area contributed by atoms with E-state index in [1.165, 1.54) is 103 Å². The summed E-state index contributed by atoms with van der Waals surface area (Å²) < 4.78 is 33.5. The van der Waals surface area contributed by atoms with Gasteiger partial charge in [-0.1, -0.05) is 155 Å². The first-order valence-electron chi connectivity index (χ1n) is 23.6. The molecule has 2 fully saturated rings. The predicted molar refractivity (Wildman–Crippen MR) is 225 cm³/mol. The lowest BCUT2D eigenvalue weighted by Gasteiger charge is -2.42. The third kappa shape index (κ3) is 22.7. The van der Waals surface area contributed by atoms with E-state index in [-0.39, 0.29) is 26.1 Å². The van der Waals surface area contributed by atoms with Crippen molar-refractivity contribution in [1.29, 1.82) is 0 Å². The molecule has 0 aromatic rings. The van der Waals surface area contributed by atoms with Crippen molar-refractivity contribution in [3.8, 4) is 0 Å². The fourth-order valence-electron chi connectivity index (χ4n) is 7.63. The largest absolute Gasteiger partial charge is 0.462 e. The first-order chi connectivity index (χ1) is 29.0. The Bertz CT molecular complexity index is 1070. The molecule has 15 heteroatoms. The maximum absolute atomic E-state index is 12.9. The summed E-state index contributed by atoms with van der Waals surface area (Å²) in [5, 5.41) is 71.8. The second kappa shape index (κ2) is 34.0. The van der Waals surface area contributed by atoms with Gasteiger partial charge in [-0.05, 0) is 12.8 Å². The summed E-state index contributed by atoms with van der Waals surface area (Å²) in [7, 11) is 0. The van der Waals surface area contributed by atoms with Crippen molar-refractivity contribution in [3.05, 3.63) is 0 Å². The highest BCUT2D eigenvalue weighted by Gasteiger charge is 2.47. The van der Waals surface area contributed by atoms with E-state index in [1.54, 1.807) is 0 Å². The Morgan fingerprint density at radius 3 is 1.30 bits per heavy atom. The number of ether oxygens (including phenoxy) is 6. The average Bonchev–Trinajstić information content (AvgIpc) is 3.24. The van der Waals surface area contributed by atoms with Gasteiger partial charge in [-0.2, -0.15) is 0 Å². The van der Waals surface area contributed by atoms with Crippen molar-refractivity contribution in [2.75, 3.05) is 26.4 Å². The minimum absolute atomic E-state index is 0.173. The number of hydrogen-bond donors (Lipinski definition) is 7. The van der Waals surface area contributed by atoms with Gasteiger partial charge >= 0.3 is 11.9 Å². The molecule has 0 bridgehead atoms. The lowest BCUT2D eigenvalue weighted by molar-refractivity contribution is -0.332. The van der Waals surface area contributed by atoms with Gasteiger partial charge in [-0.15, -0.1) is 0 Å². The number of aliphatic hydroxyl groups excluding tert-OH is 7. The second-order valence-corrected chi connectivity index (χ2v) is 17.0. The summed E-state index contributed by atoms with van der Waals surface area (Å²) in [5.41, 5.74) is 0. The molecule has 11 unspecified atom stereocenters. The maximum Gasteiger partial charge on any atom is 0.306 e. The number of esters is 2. The van der Waals surface area contributed by atoms with Gasteiger partial charge in [0.15, 0.2) is 18.7 Å². The monoisotopic (exact) mass is 865 g/mol. The van der Waals surface area contributed by atoms with E-state index in [1.807, 2.05) is 0 Å². The van der Waals surface area contributed by atoms with Crippen molar-refractivity contribution >= 4 is 11.9 Å². The summed E-state index contributed by atoms with van der Waals surface area (Å²) in [4.78, 5) is 25.6. The summed E-state index contributed by atoms with van der Waals surface area (Å²) in [6, 6.07) is 0. The number of unbranched alkanes of at least 4 members (excludes halogenated alkanes) is 22. The quantitative estimate of drug-likeness (QED) is 0.0315. The Hall–Kier alpha value is -1.50. The Balaban J connectivity index is 1.84. The third-order valence-corrected chi connectivity index (χ3v) is 11.6. The Labute approximate surface area is 359 Å². The van der Waals surface area contributed by atoms with Gasteiger partial charge in [-0.3, -0.25) is 9.59 Å². The van der Waals surface area contributed by atoms with E-state index in [9.17, 15) is 45.3 Å². The molecule has 2 saturated heterocycles. The highest BCUT2D eigenvalue weighted by molar-refractivity contribution is 5.70. The van der Waals surface area contributed by atoms with E-state index in [0.717, 1.165) is 38.5 Å². The molecule has 0 saturated carbocycles. The fourth-order valence-corrected chi connectivity index (χ4v) is 7.63. The van der Waals surface area contributed by atoms with Crippen molar-refractivity contribution in [3.63, 3.8) is 0 Å². The Kier molecular flexibility index (Phi) is 30.9. The van der Waals surface area contributed by atoms with Gasteiger partial charge in [0.2, 0.25) is 0 Å². The average molecular weight is 865 g/mol. The molecule has 11 atom stereocenters. The lowest BCUT2D eigenvalue weighted by Crippen LogP contribution is -2.61. The van der Waals surface area contributed by atoms with Crippen LogP contribution in [-0.2, 0) is 38.0 Å². The molecule has 0 radical (unpaired) electrons. The molecule has 0 aliphatic carbocycles. The minimum Gasteiger partial charge on any atom is -0.462 e. The first-order valence-corrected chi connectivity index (χ1v) is 23.6. The number of aliphatic hydroxyl groups is 7. The van der Waals surface area contributed by atoms with Crippen molar-refractivity contribution in [2.45, 2.75) is 248 Å². The van der Waals surface area contributed by atoms with Crippen LogP contribution in [0.1, 0.15) is 181 Å². The Morgan fingerprint density at radius 2 is 0.850 bits per heavy atom. The molecule has 7 N–H and O–H groups in total.